The van der Waals surface area contributed by atoms with Gasteiger partial charge in [0, 0.05) is 16.6 Å². The van der Waals surface area contributed by atoms with Crippen molar-refractivity contribution in [3.8, 4) is 11.4 Å². The molecule has 2 rings (SSSR count). The van der Waals surface area contributed by atoms with Crippen molar-refractivity contribution < 1.29 is 0 Å². The van der Waals surface area contributed by atoms with Crippen molar-refractivity contribution in [2.45, 2.75) is 26.8 Å². The molecule has 0 spiro atoms. The van der Waals surface area contributed by atoms with Crippen LogP contribution in [0.15, 0.2) is 29.0 Å². The summed E-state index contributed by atoms with van der Waals surface area (Å²) in [6.07, 6.45) is 2.87. The molecule has 0 atom stereocenters. The minimum atomic E-state index is 0.933. The number of aryl methyl sites for hydroxylation is 2. The van der Waals surface area contributed by atoms with Crippen LogP contribution >= 0.6 is 15.9 Å². The minimum absolute atomic E-state index is 0.933. The van der Waals surface area contributed by atoms with E-state index < -0.39 is 0 Å². The predicted molar refractivity (Wildman–Crippen MR) is 68.2 cm³/mol. The average Bonchev–Trinajstić information content (AvgIpc) is 2.71. The number of rotatable bonds is 3. The van der Waals surface area contributed by atoms with Gasteiger partial charge in [0.25, 0.3) is 0 Å². The van der Waals surface area contributed by atoms with Crippen LogP contribution in [0.3, 0.4) is 0 Å². The van der Waals surface area contributed by atoms with Crippen LogP contribution in [-0.4, -0.2) is 14.8 Å². The molecule has 2 aromatic rings. The Labute approximate surface area is 104 Å². The van der Waals surface area contributed by atoms with Crippen molar-refractivity contribution >= 4 is 15.9 Å². The Kier molecular flexibility index (Phi) is 3.39. The molecule has 16 heavy (non-hydrogen) atoms. The Balaban J connectivity index is 2.42. The van der Waals surface area contributed by atoms with Crippen molar-refractivity contribution in [3.05, 3.63) is 34.6 Å². The SMILES string of the molecule is CCCn1cnnc1-c1ccc(C)c(Br)c1. The molecule has 3 nitrogen and oxygen atoms in total. The van der Waals surface area contributed by atoms with Gasteiger partial charge in [-0.05, 0) is 25.0 Å². The van der Waals surface area contributed by atoms with Gasteiger partial charge in [-0.15, -0.1) is 10.2 Å². The molecule has 0 bridgehead atoms. The van der Waals surface area contributed by atoms with E-state index >= 15 is 0 Å². The Bertz CT molecular complexity index is 491. The number of hydrogen-bond acceptors (Lipinski definition) is 2. The van der Waals surface area contributed by atoms with Gasteiger partial charge in [0.1, 0.15) is 6.33 Å². The van der Waals surface area contributed by atoms with Gasteiger partial charge in [-0.25, -0.2) is 0 Å². The topological polar surface area (TPSA) is 30.7 Å². The summed E-state index contributed by atoms with van der Waals surface area (Å²) in [5.74, 6) is 0.933. The molecule has 0 fully saturated rings. The third-order valence-corrected chi connectivity index (χ3v) is 3.36. The van der Waals surface area contributed by atoms with Crippen molar-refractivity contribution in [2.75, 3.05) is 0 Å². The quantitative estimate of drug-likeness (QED) is 0.862. The summed E-state index contributed by atoms with van der Waals surface area (Å²) < 4.78 is 3.19. The van der Waals surface area contributed by atoms with Gasteiger partial charge in [-0.2, -0.15) is 0 Å². The second-order valence-electron chi connectivity index (χ2n) is 3.81. The summed E-state index contributed by atoms with van der Waals surface area (Å²) in [7, 11) is 0. The second kappa shape index (κ2) is 4.78. The molecule has 1 aromatic carbocycles. The maximum atomic E-state index is 4.17. The number of nitrogens with zero attached hydrogens (tertiary/aromatic N) is 3. The highest BCUT2D eigenvalue weighted by atomic mass is 79.9. The maximum absolute atomic E-state index is 4.17. The molecular formula is C12H14BrN3. The number of hydrogen-bond donors (Lipinski definition) is 0. The summed E-state index contributed by atoms with van der Waals surface area (Å²) in [6.45, 7) is 5.17. The van der Waals surface area contributed by atoms with Crippen LogP contribution in [0.25, 0.3) is 11.4 Å². The van der Waals surface area contributed by atoms with Crippen LogP contribution in [0.2, 0.25) is 0 Å². The molecule has 0 saturated heterocycles. The van der Waals surface area contributed by atoms with E-state index in [1.54, 1.807) is 6.33 Å². The van der Waals surface area contributed by atoms with Gasteiger partial charge < -0.3 is 4.57 Å². The summed E-state index contributed by atoms with van der Waals surface area (Å²) >= 11 is 3.54. The lowest BCUT2D eigenvalue weighted by atomic mass is 10.1. The first kappa shape index (κ1) is 11.3. The van der Waals surface area contributed by atoms with E-state index in [1.807, 2.05) is 0 Å². The molecule has 0 amide bonds. The standard InChI is InChI=1S/C12H14BrN3/c1-3-6-16-8-14-15-12(16)10-5-4-9(2)11(13)7-10/h4-5,7-8H,3,6H2,1-2H3. The minimum Gasteiger partial charge on any atom is -0.314 e. The lowest BCUT2D eigenvalue weighted by molar-refractivity contribution is 0.682. The highest BCUT2D eigenvalue weighted by Gasteiger charge is 2.07. The third-order valence-electron chi connectivity index (χ3n) is 2.51. The number of benzene rings is 1. The van der Waals surface area contributed by atoms with Crippen LogP contribution in [0.1, 0.15) is 18.9 Å². The first-order valence-electron chi connectivity index (χ1n) is 5.36. The second-order valence-corrected chi connectivity index (χ2v) is 4.67. The van der Waals surface area contributed by atoms with Gasteiger partial charge in [-0.1, -0.05) is 35.0 Å². The van der Waals surface area contributed by atoms with E-state index in [1.165, 1.54) is 5.56 Å². The summed E-state index contributed by atoms with van der Waals surface area (Å²) in [6, 6.07) is 6.26. The summed E-state index contributed by atoms with van der Waals surface area (Å²) in [5, 5.41) is 8.13. The molecule has 0 aliphatic rings. The normalized spacial score (nSPS) is 10.7. The Morgan fingerprint density at radius 2 is 2.19 bits per heavy atom. The number of halogens is 1. The van der Waals surface area contributed by atoms with Crippen LogP contribution in [0.5, 0.6) is 0 Å². The van der Waals surface area contributed by atoms with E-state index in [0.717, 1.165) is 28.8 Å². The highest BCUT2D eigenvalue weighted by molar-refractivity contribution is 9.10. The lowest BCUT2D eigenvalue weighted by Gasteiger charge is -2.06. The van der Waals surface area contributed by atoms with E-state index in [2.05, 4.69) is 62.7 Å². The molecule has 0 saturated carbocycles. The first-order valence-corrected chi connectivity index (χ1v) is 6.16. The molecule has 84 valence electrons. The fraction of sp³-hybridized carbons (Fsp3) is 0.333. The first-order chi connectivity index (χ1) is 7.72. The summed E-state index contributed by atoms with van der Waals surface area (Å²) in [4.78, 5) is 0. The number of aromatic nitrogens is 3. The largest absolute Gasteiger partial charge is 0.314 e. The van der Waals surface area contributed by atoms with Gasteiger partial charge in [0.05, 0.1) is 0 Å². The molecule has 0 N–H and O–H groups in total. The maximum Gasteiger partial charge on any atom is 0.163 e. The van der Waals surface area contributed by atoms with Crippen LogP contribution < -0.4 is 0 Å². The van der Waals surface area contributed by atoms with Crippen molar-refractivity contribution in [1.82, 2.24) is 14.8 Å². The molecule has 0 unspecified atom stereocenters. The predicted octanol–water partition coefficient (Wildman–Crippen LogP) is 3.43. The van der Waals surface area contributed by atoms with Gasteiger partial charge >= 0.3 is 0 Å². The molecule has 0 aliphatic heterocycles. The Morgan fingerprint density at radius 1 is 1.38 bits per heavy atom. The molecule has 0 aliphatic carbocycles. The van der Waals surface area contributed by atoms with Gasteiger partial charge in [0.2, 0.25) is 0 Å². The van der Waals surface area contributed by atoms with Crippen molar-refractivity contribution in [2.24, 2.45) is 0 Å². The zero-order valence-corrected chi connectivity index (χ0v) is 11.0. The van der Waals surface area contributed by atoms with Crippen LogP contribution in [-0.2, 0) is 6.54 Å². The molecule has 1 aromatic heterocycles. The zero-order valence-electron chi connectivity index (χ0n) is 9.44. The van der Waals surface area contributed by atoms with Crippen LogP contribution in [0, 0.1) is 6.92 Å². The molecule has 0 radical (unpaired) electrons. The fourth-order valence-electron chi connectivity index (χ4n) is 1.62. The molecular weight excluding hydrogens is 266 g/mol. The van der Waals surface area contributed by atoms with E-state index in [-0.39, 0.29) is 0 Å². The van der Waals surface area contributed by atoms with Gasteiger partial charge in [0.15, 0.2) is 5.82 Å². The third kappa shape index (κ3) is 2.16. The molecule has 4 heteroatoms. The fourth-order valence-corrected chi connectivity index (χ4v) is 1.99. The highest BCUT2D eigenvalue weighted by Crippen LogP contribution is 2.24. The Hall–Kier alpha value is -1.16. The molecule has 1 heterocycles. The lowest BCUT2D eigenvalue weighted by Crippen LogP contribution is -1.98. The van der Waals surface area contributed by atoms with Crippen LogP contribution in [0.4, 0.5) is 0 Å². The Morgan fingerprint density at radius 3 is 2.88 bits per heavy atom. The van der Waals surface area contributed by atoms with E-state index in [0.29, 0.717) is 0 Å². The summed E-state index contributed by atoms with van der Waals surface area (Å²) in [5.41, 5.74) is 2.33. The van der Waals surface area contributed by atoms with E-state index in [4.69, 9.17) is 0 Å². The van der Waals surface area contributed by atoms with Gasteiger partial charge in [-0.3, -0.25) is 0 Å². The monoisotopic (exact) mass is 279 g/mol. The van der Waals surface area contributed by atoms with Crippen molar-refractivity contribution in [1.29, 1.82) is 0 Å². The van der Waals surface area contributed by atoms with Crippen molar-refractivity contribution in [3.63, 3.8) is 0 Å². The zero-order chi connectivity index (χ0) is 11.5. The van der Waals surface area contributed by atoms with E-state index in [9.17, 15) is 0 Å². The average molecular weight is 280 g/mol. The smallest absolute Gasteiger partial charge is 0.163 e.